The van der Waals surface area contributed by atoms with Gasteiger partial charge < -0.3 is 0 Å². The van der Waals surface area contributed by atoms with Crippen LogP contribution < -0.4 is 11.3 Å². The highest BCUT2D eigenvalue weighted by atomic mass is 15.2. The molecule has 0 aliphatic rings. The van der Waals surface area contributed by atoms with Crippen LogP contribution in [0.25, 0.3) is 0 Å². The van der Waals surface area contributed by atoms with Crippen molar-refractivity contribution in [3.05, 3.63) is 35.9 Å². The second-order valence-electron chi connectivity index (χ2n) is 3.61. The standard InChI is InChI=1S/C12H20N2/c1-2-11(9-6-10-14-13)12-7-4-3-5-8-12/h3-5,7-8,11,14H,2,6,9-10,13H2,1H3. The van der Waals surface area contributed by atoms with Gasteiger partial charge in [-0.1, -0.05) is 37.3 Å². The first kappa shape index (κ1) is 11.2. The molecule has 78 valence electrons. The molecule has 1 rings (SSSR count). The van der Waals surface area contributed by atoms with Gasteiger partial charge in [-0.15, -0.1) is 0 Å². The summed E-state index contributed by atoms with van der Waals surface area (Å²) < 4.78 is 0. The predicted octanol–water partition coefficient (Wildman–Crippen LogP) is 2.42. The van der Waals surface area contributed by atoms with E-state index in [1.807, 2.05) is 0 Å². The fraction of sp³-hybridized carbons (Fsp3) is 0.500. The van der Waals surface area contributed by atoms with Crippen molar-refractivity contribution >= 4 is 0 Å². The van der Waals surface area contributed by atoms with Crippen LogP contribution in [0.2, 0.25) is 0 Å². The van der Waals surface area contributed by atoms with E-state index in [0.717, 1.165) is 13.0 Å². The maximum atomic E-state index is 5.24. The summed E-state index contributed by atoms with van der Waals surface area (Å²) >= 11 is 0. The molecule has 1 atom stereocenters. The lowest BCUT2D eigenvalue weighted by molar-refractivity contribution is 0.551. The molecule has 0 bridgehead atoms. The molecule has 1 unspecified atom stereocenters. The van der Waals surface area contributed by atoms with Gasteiger partial charge in [-0.2, -0.15) is 0 Å². The van der Waals surface area contributed by atoms with Gasteiger partial charge in [-0.05, 0) is 30.7 Å². The zero-order chi connectivity index (χ0) is 10.2. The third kappa shape index (κ3) is 3.48. The van der Waals surface area contributed by atoms with E-state index < -0.39 is 0 Å². The molecule has 0 saturated carbocycles. The van der Waals surface area contributed by atoms with E-state index in [4.69, 9.17) is 5.84 Å². The average Bonchev–Trinajstić information content (AvgIpc) is 2.26. The molecule has 0 aliphatic carbocycles. The molecule has 0 spiro atoms. The Kier molecular flexibility index (Phi) is 5.27. The molecule has 1 aromatic carbocycles. The topological polar surface area (TPSA) is 38.0 Å². The molecular weight excluding hydrogens is 172 g/mol. The number of benzene rings is 1. The third-order valence-electron chi connectivity index (χ3n) is 2.64. The molecule has 0 aliphatic heterocycles. The molecule has 0 aromatic heterocycles. The van der Waals surface area contributed by atoms with Crippen molar-refractivity contribution in [3.63, 3.8) is 0 Å². The fourth-order valence-corrected chi connectivity index (χ4v) is 1.78. The molecule has 1 aromatic rings. The van der Waals surface area contributed by atoms with E-state index in [1.165, 1.54) is 18.4 Å². The fourth-order valence-electron chi connectivity index (χ4n) is 1.78. The largest absolute Gasteiger partial charge is 0.271 e. The zero-order valence-corrected chi connectivity index (χ0v) is 8.87. The molecule has 0 fully saturated rings. The summed E-state index contributed by atoms with van der Waals surface area (Å²) in [7, 11) is 0. The number of nitrogens with two attached hydrogens (primary N) is 1. The van der Waals surface area contributed by atoms with Gasteiger partial charge in [-0.3, -0.25) is 11.3 Å². The van der Waals surface area contributed by atoms with Gasteiger partial charge >= 0.3 is 0 Å². The van der Waals surface area contributed by atoms with Crippen LogP contribution in [0.1, 0.15) is 37.7 Å². The Morgan fingerprint density at radius 1 is 1.29 bits per heavy atom. The van der Waals surface area contributed by atoms with E-state index >= 15 is 0 Å². The van der Waals surface area contributed by atoms with Gasteiger partial charge in [0.2, 0.25) is 0 Å². The summed E-state index contributed by atoms with van der Waals surface area (Å²) in [6.45, 7) is 3.15. The summed E-state index contributed by atoms with van der Waals surface area (Å²) in [5, 5.41) is 0. The SMILES string of the molecule is CCC(CCCNN)c1ccccc1. The van der Waals surface area contributed by atoms with Crippen LogP contribution in [0.3, 0.4) is 0 Å². The van der Waals surface area contributed by atoms with E-state index in [0.29, 0.717) is 5.92 Å². The monoisotopic (exact) mass is 192 g/mol. The van der Waals surface area contributed by atoms with E-state index in [-0.39, 0.29) is 0 Å². The highest BCUT2D eigenvalue weighted by Gasteiger charge is 2.07. The first-order chi connectivity index (χ1) is 6.88. The van der Waals surface area contributed by atoms with Crippen molar-refractivity contribution < 1.29 is 0 Å². The Morgan fingerprint density at radius 3 is 2.57 bits per heavy atom. The first-order valence-electron chi connectivity index (χ1n) is 5.37. The Hall–Kier alpha value is -0.860. The maximum Gasteiger partial charge on any atom is 0.00976 e. The molecule has 2 nitrogen and oxygen atoms in total. The minimum atomic E-state index is 0.685. The lowest BCUT2D eigenvalue weighted by atomic mass is 9.92. The van der Waals surface area contributed by atoms with Crippen molar-refractivity contribution in [1.29, 1.82) is 0 Å². The number of nitrogens with one attached hydrogen (secondary N) is 1. The lowest BCUT2D eigenvalue weighted by Crippen LogP contribution is -2.23. The van der Waals surface area contributed by atoms with E-state index in [9.17, 15) is 0 Å². The highest BCUT2D eigenvalue weighted by Crippen LogP contribution is 2.23. The molecule has 3 N–H and O–H groups in total. The van der Waals surface area contributed by atoms with Gasteiger partial charge in [-0.25, -0.2) is 0 Å². The molecule has 0 saturated heterocycles. The highest BCUT2D eigenvalue weighted by molar-refractivity contribution is 5.19. The van der Waals surface area contributed by atoms with Gasteiger partial charge in [0.05, 0.1) is 0 Å². The van der Waals surface area contributed by atoms with Crippen molar-refractivity contribution in [2.24, 2.45) is 5.84 Å². The molecule has 0 heterocycles. The number of hydrazine groups is 1. The van der Waals surface area contributed by atoms with Crippen LogP contribution in [0.5, 0.6) is 0 Å². The van der Waals surface area contributed by atoms with Gasteiger partial charge in [0, 0.05) is 6.54 Å². The zero-order valence-electron chi connectivity index (χ0n) is 8.87. The summed E-state index contributed by atoms with van der Waals surface area (Å²) in [6.07, 6.45) is 3.56. The smallest absolute Gasteiger partial charge is 0.00976 e. The molecule has 0 amide bonds. The Bertz CT molecular complexity index is 233. The third-order valence-corrected chi connectivity index (χ3v) is 2.64. The van der Waals surface area contributed by atoms with Crippen LogP contribution in [-0.2, 0) is 0 Å². The lowest BCUT2D eigenvalue weighted by Gasteiger charge is -2.14. The van der Waals surface area contributed by atoms with Gasteiger partial charge in [0.15, 0.2) is 0 Å². The molecule has 0 radical (unpaired) electrons. The van der Waals surface area contributed by atoms with Crippen molar-refractivity contribution in [3.8, 4) is 0 Å². The van der Waals surface area contributed by atoms with Crippen molar-refractivity contribution in [2.75, 3.05) is 6.54 Å². The van der Waals surface area contributed by atoms with Crippen LogP contribution >= 0.6 is 0 Å². The summed E-state index contributed by atoms with van der Waals surface area (Å²) in [5.74, 6) is 5.93. The van der Waals surface area contributed by atoms with Gasteiger partial charge in [0.25, 0.3) is 0 Å². The van der Waals surface area contributed by atoms with Crippen molar-refractivity contribution in [1.82, 2.24) is 5.43 Å². The van der Waals surface area contributed by atoms with E-state index in [2.05, 4.69) is 42.7 Å². The number of hydrogen-bond acceptors (Lipinski definition) is 2. The minimum Gasteiger partial charge on any atom is -0.271 e. The second-order valence-corrected chi connectivity index (χ2v) is 3.61. The van der Waals surface area contributed by atoms with Crippen molar-refractivity contribution in [2.45, 2.75) is 32.1 Å². The predicted molar refractivity (Wildman–Crippen MR) is 60.9 cm³/mol. The van der Waals surface area contributed by atoms with Gasteiger partial charge in [0.1, 0.15) is 0 Å². The molecule has 14 heavy (non-hydrogen) atoms. The Balaban J connectivity index is 2.46. The number of hydrogen-bond donors (Lipinski definition) is 2. The van der Waals surface area contributed by atoms with Crippen LogP contribution in [0, 0.1) is 0 Å². The van der Waals surface area contributed by atoms with Crippen LogP contribution in [0.15, 0.2) is 30.3 Å². The average molecular weight is 192 g/mol. The second kappa shape index (κ2) is 6.57. The summed E-state index contributed by atoms with van der Waals surface area (Å²) in [4.78, 5) is 0. The Morgan fingerprint density at radius 2 is 2.00 bits per heavy atom. The van der Waals surface area contributed by atoms with E-state index in [1.54, 1.807) is 0 Å². The summed E-state index contributed by atoms with van der Waals surface area (Å²) in [5.41, 5.74) is 4.15. The quantitative estimate of drug-likeness (QED) is 0.413. The first-order valence-corrected chi connectivity index (χ1v) is 5.37. The molecule has 2 heteroatoms. The Labute approximate surface area is 86.5 Å². The maximum absolute atomic E-state index is 5.24. The molecular formula is C12H20N2. The number of rotatable bonds is 6. The summed E-state index contributed by atoms with van der Waals surface area (Å²) in [6, 6.07) is 10.7. The minimum absolute atomic E-state index is 0.685. The van der Waals surface area contributed by atoms with Crippen LogP contribution in [-0.4, -0.2) is 6.54 Å². The van der Waals surface area contributed by atoms with Crippen LogP contribution in [0.4, 0.5) is 0 Å². The normalized spacial score (nSPS) is 12.7.